The van der Waals surface area contributed by atoms with E-state index >= 15 is 0 Å². The summed E-state index contributed by atoms with van der Waals surface area (Å²) in [5, 5.41) is 9.69. The van der Waals surface area contributed by atoms with E-state index in [1.807, 2.05) is 6.07 Å². The van der Waals surface area contributed by atoms with Gasteiger partial charge in [0.05, 0.1) is 0 Å². The predicted molar refractivity (Wildman–Crippen MR) is 70.0 cm³/mol. The molecule has 0 aromatic heterocycles. The second kappa shape index (κ2) is 5.93. The molecule has 1 unspecified atom stereocenters. The molecule has 0 fully saturated rings. The van der Waals surface area contributed by atoms with Gasteiger partial charge in [0.2, 0.25) is 0 Å². The Morgan fingerprint density at radius 2 is 1.88 bits per heavy atom. The van der Waals surface area contributed by atoms with Gasteiger partial charge >= 0.3 is 0 Å². The van der Waals surface area contributed by atoms with Gasteiger partial charge in [-0.15, -0.1) is 0 Å². The monoisotopic (exact) mass is 220 g/mol. The van der Waals surface area contributed by atoms with Crippen molar-refractivity contribution < 1.29 is 5.11 Å². The van der Waals surface area contributed by atoms with Crippen LogP contribution in [0.5, 0.6) is 5.75 Å². The molecule has 0 saturated carbocycles. The van der Waals surface area contributed by atoms with Gasteiger partial charge in [-0.25, -0.2) is 0 Å². The average molecular weight is 220 g/mol. The largest absolute Gasteiger partial charge is 0.508 e. The van der Waals surface area contributed by atoms with Crippen molar-refractivity contribution >= 4 is 0 Å². The number of benzene rings is 1. The van der Waals surface area contributed by atoms with E-state index in [1.165, 1.54) is 18.4 Å². The van der Waals surface area contributed by atoms with Gasteiger partial charge in [0.25, 0.3) is 0 Å². The number of hydrogen-bond acceptors (Lipinski definition) is 1. The molecule has 0 aliphatic heterocycles. The zero-order valence-electron chi connectivity index (χ0n) is 11.0. The smallest absolute Gasteiger partial charge is 0.118 e. The highest BCUT2D eigenvalue weighted by Crippen LogP contribution is 2.31. The fourth-order valence-electron chi connectivity index (χ4n) is 2.32. The van der Waals surface area contributed by atoms with Crippen LogP contribution >= 0.6 is 0 Å². The molecular formula is C15H24O. The number of phenols is 1. The molecule has 90 valence electrons. The maximum atomic E-state index is 9.69. The molecule has 1 N–H and O–H groups in total. The first-order valence-corrected chi connectivity index (χ1v) is 6.41. The first kappa shape index (κ1) is 13.1. The molecule has 1 atom stereocenters. The maximum Gasteiger partial charge on any atom is 0.118 e. The minimum Gasteiger partial charge on any atom is -0.508 e. The molecular weight excluding hydrogens is 196 g/mol. The van der Waals surface area contributed by atoms with Crippen LogP contribution in [0.2, 0.25) is 0 Å². The number of aromatic hydroxyl groups is 1. The van der Waals surface area contributed by atoms with Crippen molar-refractivity contribution in [2.24, 2.45) is 5.92 Å². The summed E-state index contributed by atoms with van der Waals surface area (Å²) in [4.78, 5) is 0. The summed E-state index contributed by atoms with van der Waals surface area (Å²) in [5.41, 5.74) is 2.45. The second-order valence-corrected chi connectivity index (χ2v) is 4.88. The van der Waals surface area contributed by atoms with Gasteiger partial charge in [-0.2, -0.15) is 0 Å². The van der Waals surface area contributed by atoms with E-state index in [1.54, 1.807) is 0 Å². The Bertz CT molecular complexity index is 328. The molecule has 1 rings (SSSR count). The number of rotatable bonds is 5. The molecule has 16 heavy (non-hydrogen) atoms. The van der Waals surface area contributed by atoms with E-state index in [9.17, 15) is 5.11 Å². The molecule has 0 saturated heterocycles. The number of hydrogen-bond donors (Lipinski definition) is 1. The number of phenolic OH excluding ortho intramolecular Hbond substituents is 1. The standard InChI is InChI=1S/C15H24O/c1-5-7-14(11(3)4)13-8-9-15(16)12(6-2)10-13/h8-11,14,16H,5-7H2,1-4H3. The summed E-state index contributed by atoms with van der Waals surface area (Å²) in [6.45, 7) is 8.87. The van der Waals surface area contributed by atoms with E-state index in [-0.39, 0.29) is 0 Å². The normalized spacial score (nSPS) is 13.1. The lowest BCUT2D eigenvalue weighted by atomic mass is 9.84. The van der Waals surface area contributed by atoms with E-state index in [0.717, 1.165) is 12.0 Å². The van der Waals surface area contributed by atoms with Crippen LogP contribution < -0.4 is 0 Å². The van der Waals surface area contributed by atoms with Gasteiger partial charge in [-0.1, -0.05) is 46.2 Å². The minimum atomic E-state index is 0.435. The third-order valence-corrected chi connectivity index (χ3v) is 3.32. The van der Waals surface area contributed by atoms with Crippen LogP contribution in [-0.4, -0.2) is 5.11 Å². The van der Waals surface area contributed by atoms with Crippen molar-refractivity contribution in [1.29, 1.82) is 0 Å². The summed E-state index contributed by atoms with van der Waals surface area (Å²) in [6, 6.07) is 6.10. The quantitative estimate of drug-likeness (QED) is 0.775. The SMILES string of the molecule is CCCC(c1ccc(O)c(CC)c1)C(C)C. The molecule has 1 aromatic carbocycles. The molecule has 1 nitrogen and oxygen atoms in total. The van der Waals surface area contributed by atoms with Crippen LogP contribution in [0.1, 0.15) is 57.6 Å². The Kier molecular flexibility index (Phi) is 4.85. The van der Waals surface area contributed by atoms with E-state index in [0.29, 0.717) is 17.6 Å². The van der Waals surface area contributed by atoms with Gasteiger partial charge in [-0.3, -0.25) is 0 Å². The van der Waals surface area contributed by atoms with Gasteiger partial charge in [0.1, 0.15) is 5.75 Å². The summed E-state index contributed by atoms with van der Waals surface area (Å²) < 4.78 is 0. The first-order chi connectivity index (χ1) is 7.60. The molecule has 0 heterocycles. The van der Waals surface area contributed by atoms with Crippen molar-refractivity contribution in [3.63, 3.8) is 0 Å². The molecule has 0 aliphatic rings. The van der Waals surface area contributed by atoms with Crippen molar-refractivity contribution in [3.05, 3.63) is 29.3 Å². The second-order valence-electron chi connectivity index (χ2n) is 4.88. The summed E-state index contributed by atoms with van der Waals surface area (Å²) in [5.74, 6) is 1.72. The number of aryl methyl sites for hydroxylation is 1. The molecule has 0 aliphatic carbocycles. The molecule has 1 heteroatoms. The van der Waals surface area contributed by atoms with Crippen LogP contribution in [0.3, 0.4) is 0 Å². The summed E-state index contributed by atoms with van der Waals surface area (Å²) in [6.07, 6.45) is 3.34. The van der Waals surface area contributed by atoms with Gasteiger partial charge < -0.3 is 5.11 Å². The highest BCUT2D eigenvalue weighted by molar-refractivity contribution is 5.37. The molecule has 1 aromatic rings. The lowest BCUT2D eigenvalue weighted by molar-refractivity contribution is 0.455. The summed E-state index contributed by atoms with van der Waals surface area (Å²) in [7, 11) is 0. The maximum absolute atomic E-state index is 9.69. The van der Waals surface area contributed by atoms with Gasteiger partial charge in [0, 0.05) is 0 Å². The Morgan fingerprint density at radius 3 is 2.38 bits per heavy atom. The highest BCUT2D eigenvalue weighted by Gasteiger charge is 2.15. The Morgan fingerprint density at radius 1 is 1.19 bits per heavy atom. The lowest BCUT2D eigenvalue weighted by Gasteiger charge is -2.21. The van der Waals surface area contributed by atoms with Crippen LogP contribution in [0, 0.1) is 5.92 Å². The van der Waals surface area contributed by atoms with Crippen LogP contribution in [0.25, 0.3) is 0 Å². The van der Waals surface area contributed by atoms with E-state index in [4.69, 9.17) is 0 Å². The predicted octanol–water partition coefficient (Wildman–Crippen LogP) is 4.49. The minimum absolute atomic E-state index is 0.435. The topological polar surface area (TPSA) is 20.2 Å². The first-order valence-electron chi connectivity index (χ1n) is 6.41. The fraction of sp³-hybridized carbons (Fsp3) is 0.600. The van der Waals surface area contributed by atoms with Gasteiger partial charge in [-0.05, 0) is 41.9 Å². The molecule has 0 radical (unpaired) electrons. The Balaban J connectivity index is 3.00. The van der Waals surface area contributed by atoms with E-state index < -0.39 is 0 Å². The van der Waals surface area contributed by atoms with Crippen molar-refractivity contribution in [2.45, 2.75) is 52.9 Å². The van der Waals surface area contributed by atoms with Crippen molar-refractivity contribution in [1.82, 2.24) is 0 Å². The van der Waals surface area contributed by atoms with E-state index in [2.05, 4.69) is 39.8 Å². The lowest BCUT2D eigenvalue weighted by Crippen LogP contribution is -2.07. The molecule has 0 bridgehead atoms. The highest BCUT2D eigenvalue weighted by atomic mass is 16.3. The molecule has 0 spiro atoms. The third kappa shape index (κ3) is 3.01. The van der Waals surface area contributed by atoms with Crippen molar-refractivity contribution in [2.75, 3.05) is 0 Å². The summed E-state index contributed by atoms with van der Waals surface area (Å²) >= 11 is 0. The average Bonchev–Trinajstić information content (AvgIpc) is 2.26. The van der Waals surface area contributed by atoms with Crippen LogP contribution in [0.15, 0.2) is 18.2 Å². The third-order valence-electron chi connectivity index (χ3n) is 3.32. The Hall–Kier alpha value is -0.980. The molecule has 0 amide bonds. The zero-order chi connectivity index (χ0) is 12.1. The zero-order valence-corrected chi connectivity index (χ0v) is 11.0. The Labute approximate surface area is 99.5 Å². The van der Waals surface area contributed by atoms with Crippen molar-refractivity contribution in [3.8, 4) is 5.75 Å². The van der Waals surface area contributed by atoms with Gasteiger partial charge in [0.15, 0.2) is 0 Å². The van der Waals surface area contributed by atoms with Crippen LogP contribution in [-0.2, 0) is 6.42 Å². The van der Waals surface area contributed by atoms with Crippen LogP contribution in [0.4, 0.5) is 0 Å². The fourth-order valence-corrected chi connectivity index (χ4v) is 2.32.